The number of amides is 2. The first kappa shape index (κ1) is 18.0. The molecule has 2 aromatic carbocycles. The quantitative estimate of drug-likeness (QED) is 0.629. The number of hydrogen-bond acceptors (Lipinski definition) is 3. The van der Waals surface area contributed by atoms with Gasteiger partial charge in [-0.2, -0.15) is 0 Å². The minimum Gasteiger partial charge on any atom is -0.338 e. The van der Waals surface area contributed by atoms with E-state index in [1.807, 2.05) is 35.2 Å². The van der Waals surface area contributed by atoms with Crippen LogP contribution in [0.1, 0.15) is 39.9 Å². The van der Waals surface area contributed by atoms with Crippen molar-refractivity contribution in [1.82, 2.24) is 10.4 Å². The SMILES string of the molecule is O=C(NO)c1ccc2c(c1)C[C@@]1(CC2)CCN(Cc2cccc(Cl)c2)C1=O. The maximum absolute atomic E-state index is 13.2. The summed E-state index contributed by atoms with van der Waals surface area (Å²) in [5.74, 6) is -0.345. The van der Waals surface area contributed by atoms with E-state index >= 15 is 0 Å². The van der Waals surface area contributed by atoms with Crippen molar-refractivity contribution in [3.63, 3.8) is 0 Å². The second-order valence-electron chi connectivity index (χ2n) is 7.49. The van der Waals surface area contributed by atoms with Crippen LogP contribution in [-0.4, -0.2) is 28.5 Å². The summed E-state index contributed by atoms with van der Waals surface area (Å²) < 4.78 is 0. The third kappa shape index (κ3) is 3.33. The lowest BCUT2D eigenvalue weighted by Gasteiger charge is -2.33. The number of nitrogens with zero attached hydrogens (tertiary/aromatic N) is 1. The van der Waals surface area contributed by atoms with Crippen LogP contribution in [0.5, 0.6) is 0 Å². The number of rotatable bonds is 3. The lowest BCUT2D eigenvalue weighted by molar-refractivity contribution is -0.137. The van der Waals surface area contributed by atoms with Gasteiger partial charge in [0.05, 0.1) is 5.41 Å². The summed E-state index contributed by atoms with van der Waals surface area (Å²) in [7, 11) is 0. The smallest absolute Gasteiger partial charge is 0.274 e. The zero-order chi connectivity index (χ0) is 19.0. The van der Waals surface area contributed by atoms with Crippen molar-refractivity contribution < 1.29 is 14.8 Å². The molecule has 2 amide bonds. The number of fused-ring (bicyclic) bond motifs is 1. The van der Waals surface area contributed by atoms with E-state index in [-0.39, 0.29) is 11.3 Å². The molecule has 1 saturated heterocycles. The Hall–Kier alpha value is -2.37. The highest BCUT2D eigenvalue weighted by Gasteiger charge is 2.48. The molecule has 5 nitrogen and oxygen atoms in total. The maximum Gasteiger partial charge on any atom is 0.274 e. The number of benzene rings is 2. The first-order valence-corrected chi connectivity index (χ1v) is 9.49. The largest absolute Gasteiger partial charge is 0.338 e. The summed E-state index contributed by atoms with van der Waals surface area (Å²) in [6.07, 6.45) is 3.12. The van der Waals surface area contributed by atoms with E-state index in [2.05, 4.69) is 0 Å². The average Bonchev–Trinajstić information content (AvgIpc) is 2.96. The number of likely N-dealkylation sites (tertiary alicyclic amines) is 1. The van der Waals surface area contributed by atoms with E-state index in [4.69, 9.17) is 16.8 Å². The standard InChI is InChI=1S/C21H21ClN2O3/c22-18-3-1-2-14(10-18)13-24-9-8-21(20(24)26)7-6-15-4-5-16(19(25)23-27)11-17(15)12-21/h1-5,10-11,27H,6-9,12-13H2,(H,23,25)/t21-/m1/s1. The van der Waals surface area contributed by atoms with Gasteiger partial charge in [0.25, 0.3) is 5.91 Å². The highest BCUT2D eigenvalue weighted by molar-refractivity contribution is 6.30. The number of carbonyl (C=O) groups is 2. The molecule has 1 fully saturated rings. The first-order valence-electron chi connectivity index (χ1n) is 9.11. The van der Waals surface area contributed by atoms with Crippen LogP contribution in [0, 0.1) is 5.41 Å². The third-order valence-electron chi connectivity index (χ3n) is 5.84. The molecule has 2 aliphatic rings. The maximum atomic E-state index is 13.2. The molecule has 140 valence electrons. The van der Waals surface area contributed by atoms with Crippen molar-refractivity contribution in [2.75, 3.05) is 6.54 Å². The number of hydroxylamine groups is 1. The zero-order valence-electron chi connectivity index (χ0n) is 14.9. The molecular formula is C21H21ClN2O3. The van der Waals surface area contributed by atoms with Crippen molar-refractivity contribution in [3.8, 4) is 0 Å². The molecule has 4 rings (SSSR count). The Morgan fingerprint density at radius 1 is 1.19 bits per heavy atom. The average molecular weight is 385 g/mol. The van der Waals surface area contributed by atoms with Gasteiger partial charge in [-0.3, -0.25) is 14.8 Å². The molecule has 27 heavy (non-hydrogen) atoms. The van der Waals surface area contributed by atoms with Gasteiger partial charge in [-0.25, -0.2) is 5.48 Å². The minimum absolute atomic E-state index is 0.185. The fourth-order valence-corrected chi connectivity index (χ4v) is 4.58. The molecule has 6 heteroatoms. The van der Waals surface area contributed by atoms with E-state index in [1.54, 1.807) is 17.6 Å². The highest BCUT2D eigenvalue weighted by atomic mass is 35.5. The van der Waals surface area contributed by atoms with Gasteiger partial charge >= 0.3 is 0 Å². The summed E-state index contributed by atoms with van der Waals surface area (Å²) >= 11 is 6.06. The van der Waals surface area contributed by atoms with Gasteiger partial charge in [0.15, 0.2) is 0 Å². The summed E-state index contributed by atoms with van der Waals surface area (Å²) in [6, 6.07) is 13.1. The van der Waals surface area contributed by atoms with E-state index in [0.29, 0.717) is 23.6 Å². The number of aryl methyl sites for hydroxylation is 1. The Morgan fingerprint density at radius 2 is 2.04 bits per heavy atom. The summed E-state index contributed by atoms with van der Waals surface area (Å²) in [6.45, 7) is 1.30. The Labute approximate surface area is 162 Å². The van der Waals surface area contributed by atoms with Gasteiger partial charge in [0.1, 0.15) is 0 Å². The molecule has 2 N–H and O–H groups in total. The van der Waals surface area contributed by atoms with Gasteiger partial charge in [-0.05, 0) is 66.6 Å². The van der Waals surface area contributed by atoms with Crippen molar-refractivity contribution in [2.45, 2.75) is 32.2 Å². The summed E-state index contributed by atoms with van der Waals surface area (Å²) in [5.41, 5.74) is 4.93. The second kappa shape index (κ2) is 6.98. The van der Waals surface area contributed by atoms with E-state index in [0.717, 1.165) is 36.9 Å². The van der Waals surface area contributed by atoms with Crippen LogP contribution >= 0.6 is 11.6 Å². The summed E-state index contributed by atoms with van der Waals surface area (Å²) in [5, 5.41) is 9.54. The van der Waals surface area contributed by atoms with Crippen molar-refractivity contribution in [2.24, 2.45) is 5.41 Å². The van der Waals surface area contributed by atoms with Gasteiger partial charge in [-0.15, -0.1) is 0 Å². The topological polar surface area (TPSA) is 69.6 Å². The van der Waals surface area contributed by atoms with Crippen LogP contribution in [0.25, 0.3) is 0 Å². The molecule has 0 aromatic heterocycles. The van der Waals surface area contributed by atoms with Crippen LogP contribution in [-0.2, 0) is 24.2 Å². The van der Waals surface area contributed by atoms with Crippen LogP contribution < -0.4 is 5.48 Å². The Morgan fingerprint density at radius 3 is 2.81 bits per heavy atom. The number of hydrogen-bond donors (Lipinski definition) is 2. The molecule has 0 saturated carbocycles. The first-order chi connectivity index (χ1) is 13.0. The molecule has 0 radical (unpaired) electrons. The lowest BCUT2D eigenvalue weighted by atomic mass is 9.70. The second-order valence-corrected chi connectivity index (χ2v) is 7.92. The molecule has 0 unspecified atom stereocenters. The molecule has 1 aliphatic heterocycles. The van der Waals surface area contributed by atoms with Gasteiger partial charge in [0, 0.05) is 23.7 Å². The van der Waals surface area contributed by atoms with Gasteiger partial charge in [0.2, 0.25) is 5.91 Å². The highest BCUT2D eigenvalue weighted by Crippen LogP contribution is 2.44. The molecule has 1 spiro atoms. The molecular weight excluding hydrogens is 364 g/mol. The van der Waals surface area contributed by atoms with Crippen LogP contribution in [0.2, 0.25) is 5.02 Å². The minimum atomic E-state index is -0.530. The van der Waals surface area contributed by atoms with E-state index in [9.17, 15) is 9.59 Å². The summed E-state index contributed by atoms with van der Waals surface area (Å²) in [4.78, 5) is 26.9. The molecule has 1 heterocycles. The van der Waals surface area contributed by atoms with Crippen LogP contribution in [0.15, 0.2) is 42.5 Å². The van der Waals surface area contributed by atoms with E-state index < -0.39 is 5.91 Å². The fraction of sp³-hybridized carbons (Fsp3) is 0.333. The Balaban J connectivity index is 1.55. The zero-order valence-corrected chi connectivity index (χ0v) is 15.6. The number of nitrogens with one attached hydrogen (secondary N) is 1. The molecule has 1 atom stereocenters. The number of carbonyl (C=O) groups excluding carboxylic acids is 2. The normalized spacial score (nSPS) is 21.4. The fourth-order valence-electron chi connectivity index (χ4n) is 4.36. The Kier molecular flexibility index (Phi) is 4.66. The van der Waals surface area contributed by atoms with E-state index in [1.165, 1.54) is 5.56 Å². The van der Waals surface area contributed by atoms with Gasteiger partial charge in [-0.1, -0.05) is 29.8 Å². The van der Waals surface area contributed by atoms with Crippen molar-refractivity contribution in [3.05, 3.63) is 69.7 Å². The third-order valence-corrected chi connectivity index (χ3v) is 6.07. The molecule has 2 aromatic rings. The predicted molar refractivity (Wildman–Crippen MR) is 102 cm³/mol. The molecule has 1 aliphatic carbocycles. The van der Waals surface area contributed by atoms with Gasteiger partial charge < -0.3 is 4.90 Å². The van der Waals surface area contributed by atoms with Crippen LogP contribution in [0.3, 0.4) is 0 Å². The van der Waals surface area contributed by atoms with Crippen molar-refractivity contribution >= 4 is 23.4 Å². The molecule has 0 bridgehead atoms. The lowest BCUT2D eigenvalue weighted by Crippen LogP contribution is -2.38. The predicted octanol–water partition coefficient (Wildman–Crippen LogP) is 3.37. The van der Waals surface area contributed by atoms with Crippen LogP contribution in [0.4, 0.5) is 0 Å². The van der Waals surface area contributed by atoms with Crippen molar-refractivity contribution in [1.29, 1.82) is 0 Å². The monoisotopic (exact) mass is 384 g/mol. The number of halogens is 1. The Bertz CT molecular complexity index is 914.